The molecule has 6 unspecified atom stereocenters. The Hall–Kier alpha value is -0.200. The van der Waals surface area contributed by atoms with Gasteiger partial charge < -0.3 is 25.4 Å². The van der Waals surface area contributed by atoms with Crippen LogP contribution in [0.2, 0.25) is 0 Å². The van der Waals surface area contributed by atoms with Gasteiger partial charge in [0.1, 0.15) is 0 Å². The van der Waals surface area contributed by atoms with Crippen LogP contribution >= 0.6 is 0 Å². The van der Waals surface area contributed by atoms with E-state index in [1.54, 1.807) is 0 Å². The second kappa shape index (κ2) is 6.16. The first-order valence-corrected chi connectivity index (χ1v) is 10.2. The number of aliphatic hydroxyl groups is 2. The van der Waals surface area contributed by atoms with E-state index >= 15 is 0 Å². The maximum atomic E-state index is 10.8. The molecule has 1 aliphatic heterocycles. The first-order valence-electron chi connectivity index (χ1n) is 10.2. The van der Waals surface area contributed by atoms with Crippen molar-refractivity contribution in [1.82, 2.24) is 0 Å². The highest BCUT2D eigenvalue weighted by atomic mass is 16.7. The maximum Gasteiger partial charge on any atom is 0.174 e. The van der Waals surface area contributed by atoms with Gasteiger partial charge in [0.2, 0.25) is 0 Å². The zero-order valence-corrected chi connectivity index (χ0v) is 15.7. The Morgan fingerprint density at radius 1 is 0.960 bits per heavy atom. The molecule has 25 heavy (non-hydrogen) atoms. The van der Waals surface area contributed by atoms with Gasteiger partial charge in [-0.3, -0.25) is 0 Å². The van der Waals surface area contributed by atoms with Crippen molar-refractivity contribution in [3.8, 4) is 0 Å². The smallest absolute Gasteiger partial charge is 0.174 e. The quantitative estimate of drug-likeness (QED) is 0.707. The average molecular weight is 354 g/mol. The highest BCUT2D eigenvalue weighted by Gasteiger charge is 2.66. The van der Waals surface area contributed by atoms with Crippen molar-refractivity contribution in [2.75, 3.05) is 19.8 Å². The summed E-state index contributed by atoms with van der Waals surface area (Å²) in [6.45, 7) is 6.64. The minimum absolute atomic E-state index is 0.0273. The Morgan fingerprint density at radius 3 is 2.28 bits per heavy atom. The molecule has 4 N–H and O–H groups in total. The highest BCUT2D eigenvalue weighted by molar-refractivity contribution is 5.11. The minimum atomic E-state index is -0.436. The van der Waals surface area contributed by atoms with Crippen LogP contribution in [0.4, 0.5) is 0 Å². The molecule has 144 valence electrons. The molecule has 4 rings (SSSR count). The molecule has 1 saturated heterocycles. The Bertz CT molecular complexity index is 508. The molecule has 5 heteroatoms. The van der Waals surface area contributed by atoms with Crippen LogP contribution < -0.4 is 5.73 Å². The molecule has 1 spiro atoms. The van der Waals surface area contributed by atoms with E-state index in [0.29, 0.717) is 43.9 Å². The normalized spacial score (nSPS) is 52.4. The standard InChI is InChI=1S/C20H35NO4/c1-18(6-3-13(22)11-17(18)23)15-4-7-19(2)16(14(15)12-21)5-8-20(19)24-9-10-25-20/h13-17,22-23H,3-12,21H2,1-2H3/t13?,14-,15?,16?,17?,18?,19?/m1/s1. The van der Waals surface area contributed by atoms with Crippen molar-refractivity contribution in [3.63, 3.8) is 0 Å². The van der Waals surface area contributed by atoms with Gasteiger partial charge in [-0.1, -0.05) is 13.8 Å². The second-order valence-electron chi connectivity index (χ2n) is 9.51. The van der Waals surface area contributed by atoms with Crippen LogP contribution in [0.3, 0.4) is 0 Å². The molecule has 7 atom stereocenters. The van der Waals surface area contributed by atoms with Gasteiger partial charge in [0, 0.05) is 11.8 Å². The maximum absolute atomic E-state index is 10.8. The van der Waals surface area contributed by atoms with Crippen molar-refractivity contribution >= 4 is 0 Å². The van der Waals surface area contributed by atoms with Crippen molar-refractivity contribution in [3.05, 3.63) is 0 Å². The Kier molecular flexibility index (Phi) is 4.48. The number of fused-ring (bicyclic) bond motifs is 2. The summed E-state index contributed by atoms with van der Waals surface area (Å²) < 4.78 is 12.3. The van der Waals surface area contributed by atoms with Gasteiger partial charge in [0.05, 0.1) is 25.4 Å². The number of rotatable bonds is 2. The number of hydrogen-bond acceptors (Lipinski definition) is 5. The monoisotopic (exact) mass is 353 g/mol. The van der Waals surface area contributed by atoms with Crippen molar-refractivity contribution in [1.29, 1.82) is 0 Å². The fraction of sp³-hybridized carbons (Fsp3) is 1.00. The molecule has 4 fully saturated rings. The van der Waals surface area contributed by atoms with Crippen LogP contribution in [0.25, 0.3) is 0 Å². The van der Waals surface area contributed by atoms with Gasteiger partial charge in [0.15, 0.2) is 5.79 Å². The summed E-state index contributed by atoms with van der Waals surface area (Å²) in [6.07, 6.45) is 5.59. The van der Waals surface area contributed by atoms with E-state index in [2.05, 4.69) is 13.8 Å². The van der Waals surface area contributed by atoms with Crippen LogP contribution in [0.1, 0.15) is 58.8 Å². The predicted molar refractivity (Wildman–Crippen MR) is 94.7 cm³/mol. The van der Waals surface area contributed by atoms with Gasteiger partial charge in [-0.05, 0) is 68.2 Å². The van der Waals surface area contributed by atoms with E-state index in [1.165, 1.54) is 0 Å². The summed E-state index contributed by atoms with van der Waals surface area (Å²) in [5.41, 5.74) is 6.21. The second-order valence-corrected chi connectivity index (χ2v) is 9.51. The molecular weight excluding hydrogens is 318 g/mol. The van der Waals surface area contributed by atoms with Gasteiger partial charge in [-0.2, -0.15) is 0 Å². The van der Waals surface area contributed by atoms with Crippen molar-refractivity contribution < 1.29 is 19.7 Å². The highest BCUT2D eigenvalue weighted by Crippen LogP contribution is 2.65. The Morgan fingerprint density at radius 2 is 1.64 bits per heavy atom. The largest absolute Gasteiger partial charge is 0.393 e. The topological polar surface area (TPSA) is 84.9 Å². The molecule has 0 bridgehead atoms. The molecule has 3 aliphatic carbocycles. The zero-order chi connectivity index (χ0) is 17.9. The average Bonchev–Trinajstić information content (AvgIpc) is 3.18. The number of ether oxygens (including phenoxy) is 2. The zero-order valence-electron chi connectivity index (χ0n) is 15.7. The third-order valence-corrected chi connectivity index (χ3v) is 8.63. The van der Waals surface area contributed by atoms with Gasteiger partial charge >= 0.3 is 0 Å². The van der Waals surface area contributed by atoms with Crippen LogP contribution in [0.15, 0.2) is 0 Å². The van der Waals surface area contributed by atoms with Gasteiger partial charge in [-0.25, -0.2) is 0 Å². The first-order chi connectivity index (χ1) is 11.9. The van der Waals surface area contributed by atoms with E-state index in [9.17, 15) is 10.2 Å². The Balaban J connectivity index is 1.62. The van der Waals surface area contributed by atoms with E-state index in [0.717, 1.165) is 38.5 Å². The van der Waals surface area contributed by atoms with Gasteiger partial charge in [0.25, 0.3) is 0 Å². The fourth-order valence-electron chi connectivity index (χ4n) is 7.04. The lowest BCUT2D eigenvalue weighted by Crippen LogP contribution is -2.57. The summed E-state index contributed by atoms with van der Waals surface area (Å²) >= 11 is 0. The molecule has 0 aromatic carbocycles. The molecule has 3 saturated carbocycles. The van der Waals surface area contributed by atoms with Crippen molar-refractivity contribution in [2.45, 2.75) is 76.8 Å². The third kappa shape index (κ3) is 2.46. The molecule has 1 heterocycles. The van der Waals surface area contributed by atoms with Crippen LogP contribution in [0.5, 0.6) is 0 Å². The van der Waals surface area contributed by atoms with E-state index < -0.39 is 11.9 Å². The van der Waals surface area contributed by atoms with Crippen LogP contribution in [-0.4, -0.2) is 48.0 Å². The number of aliphatic hydroxyl groups excluding tert-OH is 2. The lowest BCUT2D eigenvalue weighted by atomic mass is 9.50. The minimum Gasteiger partial charge on any atom is -0.393 e. The molecule has 0 aromatic heterocycles. The molecular formula is C20H35NO4. The van der Waals surface area contributed by atoms with E-state index in [-0.39, 0.29) is 16.9 Å². The number of hydrogen-bond donors (Lipinski definition) is 3. The first kappa shape index (κ1) is 18.2. The fourth-order valence-corrected chi connectivity index (χ4v) is 7.04. The lowest BCUT2D eigenvalue weighted by molar-refractivity contribution is -0.244. The lowest BCUT2D eigenvalue weighted by Gasteiger charge is -2.57. The SMILES string of the molecule is CC1(C2CCC3(C)C(CCC34OCCO4)[C@@H]2CN)CCC(O)CC1O. The van der Waals surface area contributed by atoms with E-state index in [4.69, 9.17) is 15.2 Å². The third-order valence-electron chi connectivity index (χ3n) is 8.63. The predicted octanol–water partition coefficient (Wildman–Crippen LogP) is 2.04. The molecule has 0 aromatic rings. The number of nitrogens with two attached hydrogens (primary N) is 1. The molecule has 0 amide bonds. The van der Waals surface area contributed by atoms with Crippen LogP contribution in [0, 0.1) is 28.6 Å². The van der Waals surface area contributed by atoms with Crippen LogP contribution in [-0.2, 0) is 9.47 Å². The van der Waals surface area contributed by atoms with Gasteiger partial charge in [-0.15, -0.1) is 0 Å². The molecule has 0 radical (unpaired) electrons. The molecule has 5 nitrogen and oxygen atoms in total. The van der Waals surface area contributed by atoms with Crippen molar-refractivity contribution in [2.24, 2.45) is 34.3 Å². The van der Waals surface area contributed by atoms with E-state index in [1.807, 2.05) is 0 Å². The summed E-state index contributed by atoms with van der Waals surface area (Å²) in [7, 11) is 0. The Labute approximate surface area is 151 Å². The summed E-state index contributed by atoms with van der Waals surface area (Å²) in [5.74, 6) is 0.888. The summed E-state index contributed by atoms with van der Waals surface area (Å²) in [4.78, 5) is 0. The molecule has 4 aliphatic rings. The summed E-state index contributed by atoms with van der Waals surface area (Å²) in [5, 5.41) is 20.8. The summed E-state index contributed by atoms with van der Waals surface area (Å²) in [6, 6.07) is 0.